The SMILES string of the molecule is c1cc(C2CCC(C3CCCCC3)CC2)sc1-c1ccc(C2CCC(C3CCCCC3)CC2)s1. The zero-order valence-corrected chi connectivity index (χ0v) is 23.0. The van der Waals surface area contributed by atoms with Gasteiger partial charge in [0.2, 0.25) is 0 Å². The van der Waals surface area contributed by atoms with E-state index in [9.17, 15) is 0 Å². The van der Waals surface area contributed by atoms with Crippen LogP contribution < -0.4 is 0 Å². The summed E-state index contributed by atoms with van der Waals surface area (Å²) in [5.41, 5.74) is 0. The van der Waals surface area contributed by atoms with Crippen molar-refractivity contribution in [1.82, 2.24) is 0 Å². The van der Waals surface area contributed by atoms with Crippen LogP contribution >= 0.6 is 22.7 Å². The van der Waals surface area contributed by atoms with Gasteiger partial charge in [-0.05, 0) is 111 Å². The van der Waals surface area contributed by atoms with Gasteiger partial charge >= 0.3 is 0 Å². The highest BCUT2D eigenvalue weighted by molar-refractivity contribution is 7.22. The Morgan fingerprint density at radius 1 is 0.382 bits per heavy atom. The molecule has 2 heteroatoms. The molecular formula is C32H46S2. The molecule has 0 saturated heterocycles. The largest absolute Gasteiger partial charge is 0.139 e. The van der Waals surface area contributed by atoms with Crippen LogP contribution in [0.4, 0.5) is 0 Å². The van der Waals surface area contributed by atoms with Gasteiger partial charge in [-0.3, -0.25) is 0 Å². The lowest BCUT2D eigenvalue weighted by Gasteiger charge is -2.35. The number of rotatable bonds is 5. The summed E-state index contributed by atoms with van der Waals surface area (Å²) in [5, 5.41) is 0. The van der Waals surface area contributed by atoms with Crippen LogP contribution in [-0.2, 0) is 0 Å². The Labute approximate surface area is 217 Å². The molecule has 0 bridgehead atoms. The van der Waals surface area contributed by atoms with E-state index in [1.807, 2.05) is 0 Å². The zero-order valence-electron chi connectivity index (χ0n) is 21.3. The molecule has 0 aliphatic heterocycles. The van der Waals surface area contributed by atoms with E-state index < -0.39 is 0 Å². The van der Waals surface area contributed by atoms with Gasteiger partial charge in [0.25, 0.3) is 0 Å². The summed E-state index contributed by atoms with van der Waals surface area (Å²) in [7, 11) is 0. The Balaban J connectivity index is 1.02. The minimum absolute atomic E-state index is 0.841. The Morgan fingerprint density at radius 2 is 0.735 bits per heavy atom. The van der Waals surface area contributed by atoms with E-state index >= 15 is 0 Å². The van der Waals surface area contributed by atoms with E-state index in [-0.39, 0.29) is 0 Å². The Morgan fingerprint density at radius 3 is 1.12 bits per heavy atom. The van der Waals surface area contributed by atoms with Gasteiger partial charge in [0, 0.05) is 19.5 Å². The molecule has 0 spiro atoms. The van der Waals surface area contributed by atoms with Gasteiger partial charge in [0.1, 0.15) is 0 Å². The molecule has 0 radical (unpaired) electrons. The van der Waals surface area contributed by atoms with Gasteiger partial charge in [-0.2, -0.15) is 0 Å². The molecule has 4 aliphatic carbocycles. The predicted octanol–water partition coefficient (Wildman–Crippen LogP) is 11.2. The van der Waals surface area contributed by atoms with Crippen molar-refractivity contribution in [2.75, 3.05) is 0 Å². The van der Waals surface area contributed by atoms with Crippen molar-refractivity contribution in [2.24, 2.45) is 23.7 Å². The van der Waals surface area contributed by atoms with E-state index in [4.69, 9.17) is 0 Å². The first-order valence-electron chi connectivity index (χ1n) is 15.0. The fraction of sp³-hybridized carbons (Fsp3) is 0.750. The van der Waals surface area contributed by atoms with Crippen LogP contribution in [0.15, 0.2) is 24.3 Å². The van der Waals surface area contributed by atoms with Crippen molar-refractivity contribution >= 4 is 22.7 Å². The van der Waals surface area contributed by atoms with Gasteiger partial charge in [0.05, 0.1) is 0 Å². The molecule has 0 amide bonds. The molecule has 0 unspecified atom stereocenters. The molecule has 2 aromatic rings. The quantitative estimate of drug-likeness (QED) is 0.387. The molecule has 2 heterocycles. The summed E-state index contributed by atoms with van der Waals surface area (Å²) in [4.78, 5) is 6.44. The van der Waals surface area contributed by atoms with E-state index in [2.05, 4.69) is 46.9 Å². The molecule has 0 nitrogen and oxygen atoms in total. The van der Waals surface area contributed by atoms with Crippen molar-refractivity contribution in [3.05, 3.63) is 34.0 Å². The van der Waals surface area contributed by atoms with Crippen LogP contribution in [-0.4, -0.2) is 0 Å². The molecular weight excluding hydrogens is 448 g/mol. The summed E-state index contributed by atoms with van der Waals surface area (Å²) in [6, 6.07) is 9.87. The van der Waals surface area contributed by atoms with E-state index in [1.54, 1.807) is 9.75 Å². The van der Waals surface area contributed by atoms with Crippen molar-refractivity contribution in [3.8, 4) is 9.75 Å². The highest BCUT2D eigenvalue weighted by Crippen LogP contribution is 2.48. The fourth-order valence-electron chi connectivity index (χ4n) is 8.37. The number of hydrogen-bond acceptors (Lipinski definition) is 2. The minimum Gasteiger partial charge on any atom is -0.139 e. The molecule has 34 heavy (non-hydrogen) atoms. The van der Waals surface area contributed by atoms with Crippen molar-refractivity contribution in [1.29, 1.82) is 0 Å². The zero-order chi connectivity index (χ0) is 22.7. The first kappa shape index (κ1) is 23.8. The van der Waals surface area contributed by atoms with Gasteiger partial charge in [-0.1, -0.05) is 64.2 Å². The van der Waals surface area contributed by atoms with Crippen LogP contribution in [0.5, 0.6) is 0 Å². The maximum absolute atomic E-state index is 2.49. The highest BCUT2D eigenvalue weighted by Gasteiger charge is 2.31. The first-order chi connectivity index (χ1) is 16.8. The Kier molecular flexibility index (Phi) is 7.83. The van der Waals surface area contributed by atoms with E-state index in [1.165, 1.54) is 125 Å². The average Bonchev–Trinajstić information content (AvgIpc) is 3.61. The molecule has 0 N–H and O–H groups in total. The second-order valence-corrected chi connectivity index (χ2v) is 14.7. The summed E-state index contributed by atoms with van der Waals surface area (Å²) < 4.78 is 0. The van der Waals surface area contributed by atoms with Crippen LogP contribution in [0, 0.1) is 23.7 Å². The van der Waals surface area contributed by atoms with Crippen LogP contribution in [0.3, 0.4) is 0 Å². The van der Waals surface area contributed by atoms with Crippen molar-refractivity contribution < 1.29 is 0 Å². The third kappa shape index (κ3) is 5.39. The molecule has 4 saturated carbocycles. The second-order valence-electron chi connectivity index (χ2n) is 12.4. The smallest absolute Gasteiger partial charge is 0.0445 e. The third-order valence-electron chi connectivity index (χ3n) is 10.5. The van der Waals surface area contributed by atoms with Gasteiger partial charge < -0.3 is 0 Å². The lowest BCUT2D eigenvalue weighted by atomic mass is 9.71. The summed E-state index contributed by atoms with van der Waals surface area (Å²) in [6.07, 6.45) is 26.9. The average molecular weight is 495 g/mol. The lowest BCUT2D eigenvalue weighted by molar-refractivity contribution is 0.186. The van der Waals surface area contributed by atoms with Crippen molar-refractivity contribution in [3.63, 3.8) is 0 Å². The lowest BCUT2D eigenvalue weighted by Crippen LogP contribution is -2.22. The summed E-state index contributed by atoms with van der Waals surface area (Å²) in [6.45, 7) is 0. The topological polar surface area (TPSA) is 0 Å². The van der Waals surface area contributed by atoms with Crippen LogP contribution in [0.25, 0.3) is 9.75 Å². The maximum Gasteiger partial charge on any atom is 0.0445 e. The number of hydrogen-bond donors (Lipinski definition) is 0. The second kappa shape index (κ2) is 11.2. The molecule has 2 aromatic heterocycles. The molecule has 4 fully saturated rings. The van der Waals surface area contributed by atoms with Crippen LogP contribution in [0.2, 0.25) is 0 Å². The molecule has 6 rings (SSSR count). The third-order valence-corrected chi connectivity index (χ3v) is 13.2. The molecule has 0 atom stereocenters. The first-order valence-corrected chi connectivity index (χ1v) is 16.7. The van der Waals surface area contributed by atoms with Crippen molar-refractivity contribution in [2.45, 2.75) is 127 Å². The van der Waals surface area contributed by atoms with E-state index in [0.717, 1.165) is 35.5 Å². The summed E-state index contributed by atoms with van der Waals surface area (Å²) in [5.74, 6) is 5.90. The number of thiophene rings is 2. The van der Waals surface area contributed by atoms with Crippen LogP contribution in [0.1, 0.15) is 137 Å². The Hall–Kier alpha value is -0.600. The summed E-state index contributed by atoms with van der Waals surface area (Å²) >= 11 is 4.24. The predicted molar refractivity (Wildman–Crippen MR) is 150 cm³/mol. The van der Waals surface area contributed by atoms with E-state index in [0.29, 0.717) is 0 Å². The van der Waals surface area contributed by atoms with Gasteiger partial charge in [0.15, 0.2) is 0 Å². The minimum atomic E-state index is 0.841. The maximum atomic E-state index is 2.49. The fourth-order valence-corrected chi connectivity index (χ4v) is 10.8. The van der Waals surface area contributed by atoms with Gasteiger partial charge in [-0.25, -0.2) is 0 Å². The molecule has 0 aromatic carbocycles. The van der Waals surface area contributed by atoms with Gasteiger partial charge in [-0.15, -0.1) is 22.7 Å². The molecule has 186 valence electrons. The normalized spacial score (nSPS) is 32.1. The standard InChI is InChI=1S/C32H46S2/c1-3-7-23(8-4-1)25-11-15-27(16-12-25)29-19-21-31(33-29)32-22-20-30(34-32)28-17-13-26(14-18-28)24-9-5-2-6-10-24/h19-28H,1-18H2. The Bertz CT molecular complexity index is 804. The molecule has 4 aliphatic rings. The monoisotopic (exact) mass is 494 g/mol. The highest BCUT2D eigenvalue weighted by atomic mass is 32.1.